The summed E-state index contributed by atoms with van der Waals surface area (Å²) in [5.74, 6) is -0.0586. The number of halogens is 3. The summed E-state index contributed by atoms with van der Waals surface area (Å²) >= 11 is 9.05. The second-order valence-electron chi connectivity index (χ2n) is 5.69. The quantitative estimate of drug-likeness (QED) is 0.834. The number of benzene rings is 1. The van der Waals surface area contributed by atoms with Crippen molar-refractivity contribution in [2.24, 2.45) is 17.6 Å². The molecule has 0 bridgehead atoms. The summed E-state index contributed by atoms with van der Waals surface area (Å²) in [6.45, 7) is 0.870. The van der Waals surface area contributed by atoms with Crippen LogP contribution in [0.15, 0.2) is 21.5 Å². The van der Waals surface area contributed by atoms with E-state index in [0.717, 1.165) is 25.0 Å². The Morgan fingerprint density at radius 3 is 2.67 bits per heavy atom. The molecule has 2 fully saturated rings. The molecule has 0 amide bonds. The lowest BCUT2D eigenvalue weighted by Crippen LogP contribution is -2.33. The zero-order chi connectivity index (χ0) is 15.4. The number of sulfonamides is 1. The van der Waals surface area contributed by atoms with Crippen LogP contribution in [0.4, 0.5) is 4.39 Å². The third-order valence-corrected chi connectivity index (χ3v) is 7.67. The SMILES string of the molecule is NC1CCC2CN(S(=O)(=O)c3c(Cl)cc(F)cc3Br)CC12. The molecule has 2 N–H and O–H groups in total. The Morgan fingerprint density at radius 2 is 2.05 bits per heavy atom. The van der Waals surface area contributed by atoms with E-state index in [9.17, 15) is 12.8 Å². The average Bonchev–Trinajstić information content (AvgIpc) is 2.90. The van der Waals surface area contributed by atoms with Crippen molar-refractivity contribution in [3.05, 3.63) is 27.4 Å². The molecule has 1 aromatic rings. The lowest BCUT2D eigenvalue weighted by Gasteiger charge is -2.20. The van der Waals surface area contributed by atoms with E-state index in [4.69, 9.17) is 17.3 Å². The molecule has 1 aliphatic heterocycles. The van der Waals surface area contributed by atoms with Gasteiger partial charge in [-0.2, -0.15) is 4.31 Å². The highest BCUT2D eigenvalue weighted by molar-refractivity contribution is 9.10. The normalized spacial score (nSPS) is 29.8. The fraction of sp³-hybridized carbons (Fsp3) is 0.538. The highest BCUT2D eigenvalue weighted by Gasteiger charge is 2.45. The van der Waals surface area contributed by atoms with Gasteiger partial charge in [0, 0.05) is 23.6 Å². The zero-order valence-electron chi connectivity index (χ0n) is 11.1. The zero-order valence-corrected chi connectivity index (χ0v) is 14.3. The number of fused-ring (bicyclic) bond motifs is 1. The van der Waals surface area contributed by atoms with E-state index in [1.807, 2.05) is 0 Å². The predicted octanol–water partition coefficient (Wildman–Crippen LogP) is 2.60. The van der Waals surface area contributed by atoms with Crippen LogP contribution in [0.1, 0.15) is 12.8 Å². The standard InChI is InChI=1S/C13H15BrClFN2O2S/c14-10-3-8(16)4-11(15)13(10)21(19,20)18-5-7-1-2-12(17)9(7)6-18/h3-4,7,9,12H,1-2,5-6,17H2. The van der Waals surface area contributed by atoms with Gasteiger partial charge in [0.25, 0.3) is 0 Å². The van der Waals surface area contributed by atoms with E-state index in [0.29, 0.717) is 19.0 Å². The first kappa shape index (κ1) is 15.7. The Kier molecular flexibility index (Phi) is 4.07. The fourth-order valence-corrected chi connectivity index (χ4v) is 6.65. The van der Waals surface area contributed by atoms with Crippen molar-refractivity contribution in [2.45, 2.75) is 23.8 Å². The Labute approximate surface area is 136 Å². The maximum atomic E-state index is 13.3. The topological polar surface area (TPSA) is 63.4 Å². The molecule has 8 heteroatoms. The van der Waals surface area contributed by atoms with Crippen LogP contribution in [-0.4, -0.2) is 31.9 Å². The van der Waals surface area contributed by atoms with Crippen molar-refractivity contribution in [1.82, 2.24) is 4.31 Å². The smallest absolute Gasteiger partial charge is 0.245 e. The second kappa shape index (κ2) is 5.45. The maximum Gasteiger partial charge on any atom is 0.245 e. The minimum atomic E-state index is -3.75. The van der Waals surface area contributed by atoms with Gasteiger partial charge in [-0.15, -0.1) is 0 Å². The van der Waals surface area contributed by atoms with Gasteiger partial charge in [-0.1, -0.05) is 11.6 Å². The first-order chi connectivity index (χ1) is 9.80. The summed E-state index contributed by atoms with van der Waals surface area (Å²) < 4.78 is 40.4. The van der Waals surface area contributed by atoms with Crippen molar-refractivity contribution in [3.63, 3.8) is 0 Å². The predicted molar refractivity (Wildman–Crippen MR) is 82.1 cm³/mol. The Bertz CT molecular complexity index is 662. The summed E-state index contributed by atoms with van der Waals surface area (Å²) in [7, 11) is -3.75. The lowest BCUT2D eigenvalue weighted by molar-refractivity contribution is 0.427. The lowest BCUT2D eigenvalue weighted by atomic mass is 9.98. The van der Waals surface area contributed by atoms with E-state index in [-0.39, 0.29) is 26.4 Å². The van der Waals surface area contributed by atoms with Gasteiger partial charge in [-0.05, 0) is 52.7 Å². The molecule has 1 heterocycles. The van der Waals surface area contributed by atoms with Gasteiger partial charge >= 0.3 is 0 Å². The Balaban J connectivity index is 1.96. The second-order valence-corrected chi connectivity index (χ2v) is 8.82. The summed E-state index contributed by atoms with van der Waals surface area (Å²) in [5, 5.41) is -0.108. The Morgan fingerprint density at radius 1 is 1.33 bits per heavy atom. The largest absolute Gasteiger partial charge is 0.327 e. The van der Waals surface area contributed by atoms with Crippen LogP contribution in [0.5, 0.6) is 0 Å². The molecule has 0 radical (unpaired) electrons. The molecule has 3 rings (SSSR count). The van der Waals surface area contributed by atoms with E-state index in [1.54, 1.807) is 0 Å². The number of hydrogen-bond donors (Lipinski definition) is 1. The van der Waals surface area contributed by atoms with Crippen molar-refractivity contribution in [3.8, 4) is 0 Å². The van der Waals surface area contributed by atoms with Crippen LogP contribution in [0, 0.1) is 17.7 Å². The van der Waals surface area contributed by atoms with Crippen LogP contribution < -0.4 is 5.73 Å². The molecule has 1 aliphatic carbocycles. The molecule has 3 unspecified atom stereocenters. The first-order valence-corrected chi connectivity index (χ1v) is 9.32. The third kappa shape index (κ3) is 2.63. The van der Waals surface area contributed by atoms with E-state index >= 15 is 0 Å². The molecular weight excluding hydrogens is 383 g/mol. The van der Waals surface area contributed by atoms with Crippen molar-refractivity contribution in [2.75, 3.05) is 13.1 Å². The summed E-state index contributed by atoms with van der Waals surface area (Å²) in [6.07, 6.45) is 1.90. The molecule has 116 valence electrons. The molecule has 1 aromatic carbocycles. The van der Waals surface area contributed by atoms with E-state index < -0.39 is 15.8 Å². The molecule has 1 saturated carbocycles. The van der Waals surface area contributed by atoms with Gasteiger partial charge in [-0.25, -0.2) is 12.8 Å². The van der Waals surface area contributed by atoms with Crippen LogP contribution in [0.2, 0.25) is 5.02 Å². The van der Waals surface area contributed by atoms with Gasteiger partial charge in [0.15, 0.2) is 0 Å². The summed E-state index contributed by atoms with van der Waals surface area (Å²) in [5.41, 5.74) is 6.04. The van der Waals surface area contributed by atoms with Crippen molar-refractivity contribution < 1.29 is 12.8 Å². The molecule has 21 heavy (non-hydrogen) atoms. The van der Waals surface area contributed by atoms with Crippen LogP contribution in [-0.2, 0) is 10.0 Å². The number of rotatable bonds is 2. The van der Waals surface area contributed by atoms with Gasteiger partial charge in [0.1, 0.15) is 10.7 Å². The van der Waals surface area contributed by atoms with E-state index in [1.165, 1.54) is 4.31 Å². The van der Waals surface area contributed by atoms with Gasteiger partial charge < -0.3 is 5.73 Å². The summed E-state index contributed by atoms with van der Waals surface area (Å²) in [6, 6.07) is 2.19. The molecule has 1 saturated heterocycles. The molecule has 0 spiro atoms. The number of hydrogen-bond acceptors (Lipinski definition) is 3. The fourth-order valence-electron chi connectivity index (χ4n) is 3.37. The summed E-state index contributed by atoms with van der Waals surface area (Å²) in [4.78, 5) is -0.0703. The van der Waals surface area contributed by atoms with Crippen molar-refractivity contribution in [1.29, 1.82) is 0 Å². The number of nitrogens with two attached hydrogens (primary N) is 1. The molecule has 4 nitrogen and oxygen atoms in total. The van der Waals surface area contributed by atoms with Gasteiger partial charge in [0.2, 0.25) is 10.0 Å². The highest BCUT2D eigenvalue weighted by atomic mass is 79.9. The maximum absolute atomic E-state index is 13.3. The minimum absolute atomic E-state index is 0.0577. The Hall–Kier alpha value is -0.210. The molecular formula is C13H15BrClFN2O2S. The molecule has 2 aliphatic rings. The third-order valence-electron chi connectivity index (χ3n) is 4.44. The van der Waals surface area contributed by atoms with E-state index in [2.05, 4.69) is 15.9 Å². The molecule has 0 aromatic heterocycles. The minimum Gasteiger partial charge on any atom is -0.327 e. The van der Waals surface area contributed by atoms with Crippen LogP contribution >= 0.6 is 27.5 Å². The number of nitrogens with zero attached hydrogens (tertiary/aromatic N) is 1. The average molecular weight is 398 g/mol. The van der Waals surface area contributed by atoms with Gasteiger partial charge in [-0.3, -0.25) is 0 Å². The highest BCUT2D eigenvalue weighted by Crippen LogP contribution is 2.41. The monoisotopic (exact) mass is 396 g/mol. The first-order valence-electron chi connectivity index (χ1n) is 6.71. The van der Waals surface area contributed by atoms with Gasteiger partial charge in [0.05, 0.1) is 5.02 Å². The van der Waals surface area contributed by atoms with Crippen LogP contribution in [0.3, 0.4) is 0 Å². The van der Waals surface area contributed by atoms with Crippen LogP contribution in [0.25, 0.3) is 0 Å². The van der Waals surface area contributed by atoms with Crippen molar-refractivity contribution >= 4 is 37.6 Å². The molecule has 3 atom stereocenters.